The Bertz CT molecular complexity index is 955. The molecule has 4 rings (SSSR count). The molecular formula is C26H36N4O4S. The lowest BCUT2D eigenvalue weighted by molar-refractivity contribution is -0.139. The van der Waals surface area contributed by atoms with Crippen molar-refractivity contribution in [3.05, 3.63) is 46.3 Å². The second kappa shape index (κ2) is 11.9. The van der Waals surface area contributed by atoms with Crippen LogP contribution in [0.2, 0.25) is 0 Å². The standard InChI is InChI=1S/C26H36N4O4S/c1-3-11-30-21(17-28-12-7-13-29(15-14-28)24(31)19-8-5-6-9-19)22(25(32)34-4-2)23(27-26(30)33)20-10-16-35-18-20/h3,10,16,18-19,23H,1,4-9,11-15,17H2,2H3,(H,27,33). The fourth-order valence-corrected chi connectivity index (χ4v) is 6.01. The first kappa shape index (κ1) is 25.4. The number of nitrogens with one attached hydrogen (secondary N) is 1. The number of carbonyl (C=O) groups is 3. The number of ether oxygens (including phenoxy) is 1. The molecular weight excluding hydrogens is 464 g/mol. The van der Waals surface area contributed by atoms with E-state index < -0.39 is 12.0 Å². The maximum atomic E-state index is 13.2. The van der Waals surface area contributed by atoms with Gasteiger partial charge in [-0.1, -0.05) is 18.9 Å². The van der Waals surface area contributed by atoms with Crippen molar-refractivity contribution in [2.24, 2.45) is 5.92 Å². The summed E-state index contributed by atoms with van der Waals surface area (Å²) in [6, 6.07) is 1.11. The van der Waals surface area contributed by atoms with Crippen LogP contribution in [-0.2, 0) is 14.3 Å². The van der Waals surface area contributed by atoms with Gasteiger partial charge in [0.25, 0.3) is 0 Å². The average Bonchev–Trinajstić information content (AvgIpc) is 3.53. The van der Waals surface area contributed by atoms with Crippen molar-refractivity contribution in [3.8, 4) is 0 Å². The number of amides is 3. The fraction of sp³-hybridized carbons (Fsp3) is 0.577. The molecule has 8 nitrogen and oxygen atoms in total. The van der Waals surface area contributed by atoms with Crippen LogP contribution in [-0.4, -0.2) is 78.5 Å². The third-order valence-electron chi connectivity index (χ3n) is 7.10. The van der Waals surface area contributed by atoms with Gasteiger partial charge in [0, 0.05) is 50.9 Å². The molecule has 9 heteroatoms. The Morgan fingerprint density at radius 1 is 1.20 bits per heavy atom. The Hall–Kier alpha value is -2.65. The molecule has 2 aliphatic heterocycles. The summed E-state index contributed by atoms with van der Waals surface area (Å²) in [6.07, 6.45) is 6.83. The first-order chi connectivity index (χ1) is 17.0. The highest BCUT2D eigenvalue weighted by molar-refractivity contribution is 7.08. The number of carbonyl (C=O) groups excluding carboxylic acids is 3. The smallest absolute Gasteiger partial charge is 0.338 e. The molecule has 1 aromatic heterocycles. The third-order valence-corrected chi connectivity index (χ3v) is 7.80. The lowest BCUT2D eigenvalue weighted by Crippen LogP contribution is -2.51. The van der Waals surface area contributed by atoms with Gasteiger partial charge in [0.2, 0.25) is 5.91 Å². The highest BCUT2D eigenvalue weighted by Gasteiger charge is 2.39. The van der Waals surface area contributed by atoms with Gasteiger partial charge in [-0.05, 0) is 48.6 Å². The van der Waals surface area contributed by atoms with E-state index in [9.17, 15) is 14.4 Å². The number of nitrogens with zero attached hydrogens (tertiary/aromatic N) is 3. The minimum Gasteiger partial charge on any atom is -0.463 e. The lowest BCUT2D eigenvalue weighted by Gasteiger charge is -2.37. The molecule has 0 aromatic carbocycles. The molecule has 190 valence electrons. The molecule has 1 saturated carbocycles. The van der Waals surface area contributed by atoms with E-state index in [0.29, 0.717) is 43.4 Å². The first-order valence-corrected chi connectivity index (χ1v) is 13.6. The van der Waals surface area contributed by atoms with Crippen molar-refractivity contribution in [1.29, 1.82) is 0 Å². The number of rotatable bonds is 8. The largest absolute Gasteiger partial charge is 0.463 e. The van der Waals surface area contributed by atoms with Gasteiger partial charge in [-0.15, -0.1) is 6.58 Å². The summed E-state index contributed by atoms with van der Waals surface area (Å²) >= 11 is 1.52. The summed E-state index contributed by atoms with van der Waals surface area (Å²) in [6.45, 7) is 9.48. The summed E-state index contributed by atoms with van der Waals surface area (Å²) in [5, 5.41) is 6.87. The summed E-state index contributed by atoms with van der Waals surface area (Å²) in [5.41, 5.74) is 1.99. The van der Waals surface area contributed by atoms with Gasteiger partial charge in [0.15, 0.2) is 0 Å². The monoisotopic (exact) mass is 500 g/mol. The van der Waals surface area contributed by atoms with Crippen LogP contribution in [0.3, 0.4) is 0 Å². The van der Waals surface area contributed by atoms with Gasteiger partial charge in [0.05, 0.1) is 18.2 Å². The van der Waals surface area contributed by atoms with Gasteiger partial charge in [0.1, 0.15) is 0 Å². The molecule has 0 spiro atoms. The van der Waals surface area contributed by atoms with Gasteiger partial charge < -0.3 is 15.0 Å². The van der Waals surface area contributed by atoms with E-state index in [1.807, 2.05) is 21.7 Å². The van der Waals surface area contributed by atoms with Crippen molar-refractivity contribution >= 4 is 29.2 Å². The summed E-state index contributed by atoms with van der Waals surface area (Å²) in [7, 11) is 0. The van der Waals surface area contributed by atoms with Crippen LogP contribution in [0.5, 0.6) is 0 Å². The minimum atomic E-state index is -0.559. The van der Waals surface area contributed by atoms with Crippen molar-refractivity contribution in [2.45, 2.75) is 45.1 Å². The van der Waals surface area contributed by atoms with E-state index in [2.05, 4.69) is 16.8 Å². The molecule has 3 amide bonds. The van der Waals surface area contributed by atoms with Crippen LogP contribution >= 0.6 is 11.3 Å². The van der Waals surface area contributed by atoms with E-state index >= 15 is 0 Å². The van der Waals surface area contributed by atoms with Crippen LogP contribution in [0.1, 0.15) is 50.6 Å². The topological polar surface area (TPSA) is 82.2 Å². The second-order valence-corrected chi connectivity index (χ2v) is 10.1. The minimum absolute atomic E-state index is 0.177. The lowest BCUT2D eigenvalue weighted by atomic mass is 9.96. The summed E-state index contributed by atoms with van der Waals surface area (Å²) in [5.74, 6) is 0.0513. The molecule has 2 fully saturated rings. The zero-order valence-corrected chi connectivity index (χ0v) is 21.4. The fourth-order valence-electron chi connectivity index (χ4n) is 5.33. The van der Waals surface area contributed by atoms with Gasteiger partial charge >= 0.3 is 12.0 Å². The quantitative estimate of drug-likeness (QED) is 0.436. The number of esters is 1. The van der Waals surface area contributed by atoms with Crippen molar-refractivity contribution in [1.82, 2.24) is 20.0 Å². The molecule has 1 aromatic rings. The molecule has 1 atom stereocenters. The van der Waals surface area contributed by atoms with Crippen LogP contribution in [0, 0.1) is 5.92 Å². The zero-order chi connectivity index (χ0) is 24.8. The number of urea groups is 1. The van der Waals surface area contributed by atoms with Crippen LogP contribution in [0.15, 0.2) is 40.8 Å². The van der Waals surface area contributed by atoms with E-state index in [-0.39, 0.29) is 18.6 Å². The molecule has 1 aliphatic carbocycles. The maximum absolute atomic E-state index is 13.2. The Kier molecular flexibility index (Phi) is 8.62. The highest BCUT2D eigenvalue weighted by atomic mass is 32.1. The Labute approximate surface area is 211 Å². The van der Waals surface area contributed by atoms with Crippen LogP contribution < -0.4 is 5.32 Å². The van der Waals surface area contributed by atoms with Gasteiger partial charge in [-0.25, -0.2) is 9.59 Å². The van der Waals surface area contributed by atoms with Gasteiger partial charge in [-0.2, -0.15) is 11.3 Å². The predicted molar refractivity (Wildman–Crippen MR) is 136 cm³/mol. The Balaban J connectivity index is 1.60. The van der Waals surface area contributed by atoms with Gasteiger partial charge in [-0.3, -0.25) is 14.6 Å². The van der Waals surface area contributed by atoms with E-state index in [1.54, 1.807) is 17.9 Å². The number of hydrogen-bond acceptors (Lipinski definition) is 6. The maximum Gasteiger partial charge on any atom is 0.338 e. The van der Waals surface area contributed by atoms with E-state index in [4.69, 9.17) is 4.74 Å². The molecule has 1 N–H and O–H groups in total. The highest BCUT2D eigenvalue weighted by Crippen LogP contribution is 2.33. The van der Waals surface area contributed by atoms with E-state index in [1.165, 1.54) is 11.3 Å². The molecule has 0 bridgehead atoms. The second-order valence-electron chi connectivity index (χ2n) is 9.36. The van der Waals surface area contributed by atoms with Crippen molar-refractivity contribution in [2.75, 3.05) is 45.9 Å². The average molecular weight is 501 g/mol. The zero-order valence-electron chi connectivity index (χ0n) is 20.5. The van der Waals surface area contributed by atoms with Crippen molar-refractivity contribution in [3.63, 3.8) is 0 Å². The Morgan fingerprint density at radius 2 is 2.00 bits per heavy atom. The molecule has 1 saturated heterocycles. The third kappa shape index (κ3) is 5.78. The van der Waals surface area contributed by atoms with E-state index in [0.717, 1.165) is 50.8 Å². The number of hydrogen-bond donors (Lipinski definition) is 1. The molecule has 35 heavy (non-hydrogen) atoms. The SMILES string of the molecule is C=CCN1C(=O)NC(c2ccsc2)C(C(=O)OCC)=C1CN1CCCN(C(=O)C2CCCC2)CC1. The normalized spacial score (nSPS) is 22.2. The molecule has 1 unspecified atom stereocenters. The molecule has 3 aliphatic rings. The first-order valence-electron chi connectivity index (χ1n) is 12.7. The van der Waals surface area contributed by atoms with Crippen LogP contribution in [0.4, 0.5) is 4.79 Å². The number of thiophene rings is 1. The molecule has 0 radical (unpaired) electrons. The summed E-state index contributed by atoms with van der Waals surface area (Å²) < 4.78 is 5.45. The van der Waals surface area contributed by atoms with Crippen molar-refractivity contribution < 1.29 is 19.1 Å². The Morgan fingerprint density at radius 3 is 2.69 bits per heavy atom. The predicted octanol–water partition coefficient (Wildman–Crippen LogP) is 3.54. The summed E-state index contributed by atoms with van der Waals surface area (Å²) in [4.78, 5) is 45.2. The van der Waals surface area contributed by atoms with Crippen LogP contribution in [0.25, 0.3) is 0 Å². The molecule has 3 heterocycles.